The summed E-state index contributed by atoms with van der Waals surface area (Å²) < 4.78 is 15.3. The summed E-state index contributed by atoms with van der Waals surface area (Å²) in [6.45, 7) is 2.17. The Morgan fingerprint density at radius 2 is 1.70 bits per heavy atom. The number of benzene rings is 3. The van der Waals surface area contributed by atoms with Gasteiger partial charge in [-0.1, -0.05) is 36.4 Å². The van der Waals surface area contributed by atoms with E-state index >= 15 is 0 Å². The van der Waals surface area contributed by atoms with E-state index in [9.17, 15) is 4.39 Å². The third-order valence-corrected chi connectivity index (χ3v) is 5.37. The second-order valence-electron chi connectivity index (χ2n) is 7.49. The lowest BCUT2D eigenvalue weighted by molar-refractivity contribution is 0.628. The lowest BCUT2D eigenvalue weighted by Crippen LogP contribution is -2.23. The van der Waals surface area contributed by atoms with Crippen LogP contribution in [0.1, 0.15) is 18.1 Å². The average Bonchev–Trinajstić information content (AvgIpc) is 3.34. The molecule has 0 bridgehead atoms. The third kappa shape index (κ3) is 3.39. The fourth-order valence-electron chi connectivity index (χ4n) is 3.88. The number of para-hydroxylation sites is 2. The molecule has 148 valence electrons. The van der Waals surface area contributed by atoms with Crippen molar-refractivity contribution in [1.82, 2.24) is 9.78 Å². The number of halogens is 1. The average molecular weight is 396 g/mol. The minimum atomic E-state index is -0.265. The van der Waals surface area contributed by atoms with Gasteiger partial charge < -0.3 is 0 Å². The Labute approximate surface area is 174 Å². The molecule has 5 rings (SSSR count). The van der Waals surface area contributed by atoms with Crippen LogP contribution in [0.5, 0.6) is 0 Å². The molecule has 0 saturated carbocycles. The molecular formula is C25H21FN4. The molecule has 1 atom stereocenters. The standard InChI is InChI=1S/C25H21FN4/c1-18-15-20-7-5-6-10-24(20)30(18)27-16-21-17-29(23-8-3-2-4-9-23)28-25(21)19-11-13-22(26)14-12-19/h2-14,16-18H,15H2,1H3/b27-16-/t18-/m0/s1. The molecule has 4 aromatic rings. The van der Waals surface area contributed by atoms with E-state index in [0.717, 1.165) is 34.6 Å². The van der Waals surface area contributed by atoms with E-state index in [4.69, 9.17) is 10.2 Å². The topological polar surface area (TPSA) is 33.4 Å². The van der Waals surface area contributed by atoms with Crippen LogP contribution in [0.3, 0.4) is 0 Å². The summed E-state index contributed by atoms with van der Waals surface area (Å²) >= 11 is 0. The zero-order valence-corrected chi connectivity index (χ0v) is 16.6. The van der Waals surface area contributed by atoms with Crippen LogP contribution in [0, 0.1) is 5.82 Å². The highest BCUT2D eigenvalue weighted by Crippen LogP contribution is 2.32. The number of rotatable bonds is 4. The van der Waals surface area contributed by atoms with Gasteiger partial charge in [-0.3, -0.25) is 5.01 Å². The first-order valence-corrected chi connectivity index (χ1v) is 10.0. The van der Waals surface area contributed by atoms with Crippen molar-refractivity contribution in [2.75, 3.05) is 5.01 Å². The maximum atomic E-state index is 13.5. The second-order valence-corrected chi connectivity index (χ2v) is 7.49. The molecule has 5 heteroatoms. The molecular weight excluding hydrogens is 375 g/mol. The van der Waals surface area contributed by atoms with Crippen LogP contribution >= 0.6 is 0 Å². The summed E-state index contributed by atoms with van der Waals surface area (Å²) in [5, 5.41) is 11.6. The quantitative estimate of drug-likeness (QED) is 0.429. The largest absolute Gasteiger partial charge is 0.262 e. The normalized spacial score (nSPS) is 15.7. The van der Waals surface area contributed by atoms with Crippen molar-refractivity contribution in [3.05, 3.63) is 102 Å². The summed E-state index contributed by atoms with van der Waals surface area (Å²) in [7, 11) is 0. The highest BCUT2D eigenvalue weighted by Gasteiger charge is 2.25. The van der Waals surface area contributed by atoms with Crippen LogP contribution in [0.25, 0.3) is 16.9 Å². The summed E-state index contributed by atoms with van der Waals surface area (Å²) in [6, 6.07) is 25.0. The van der Waals surface area contributed by atoms with Crippen molar-refractivity contribution in [3.8, 4) is 16.9 Å². The zero-order valence-electron chi connectivity index (χ0n) is 16.6. The number of hydrazone groups is 1. The van der Waals surface area contributed by atoms with Crippen LogP contribution in [-0.2, 0) is 6.42 Å². The van der Waals surface area contributed by atoms with Gasteiger partial charge in [0.25, 0.3) is 0 Å². The first kappa shape index (κ1) is 18.3. The van der Waals surface area contributed by atoms with Crippen molar-refractivity contribution < 1.29 is 4.39 Å². The molecule has 0 fully saturated rings. The third-order valence-electron chi connectivity index (χ3n) is 5.37. The molecule has 2 heterocycles. The van der Waals surface area contributed by atoms with E-state index in [1.54, 1.807) is 12.1 Å². The van der Waals surface area contributed by atoms with Gasteiger partial charge in [-0.05, 0) is 61.4 Å². The Bertz CT molecular complexity index is 1200. The maximum Gasteiger partial charge on any atom is 0.123 e. The Morgan fingerprint density at radius 1 is 0.967 bits per heavy atom. The molecule has 0 spiro atoms. The van der Waals surface area contributed by atoms with E-state index in [0.29, 0.717) is 0 Å². The van der Waals surface area contributed by atoms with Crippen LogP contribution in [-0.4, -0.2) is 22.0 Å². The Kier molecular flexibility index (Phi) is 4.64. The van der Waals surface area contributed by atoms with Gasteiger partial charge in [-0.25, -0.2) is 9.07 Å². The SMILES string of the molecule is C[C@H]1Cc2ccccc2N1/N=C\c1cn(-c2ccccc2)nc1-c1ccc(F)cc1. The van der Waals surface area contributed by atoms with Crippen molar-refractivity contribution in [2.24, 2.45) is 5.10 Å². The van der Waals surface area contributed by atoms with Gasteiger partial charge in [0.1, 0.15) is 11.5 Å². The molecule has 0 amide bonds. The second kappa shape index (κ2) is 7.59. The molecule has 0 saturated heterocycles. The molecule has 1 aromatic heterocycles. The zero-order chi connectivity index (χ0) is 20.5. The predicted molar refractivity (Wildman–Crippen MR) is 119 cm³/mol. The van der Waals surface area contributed by atoms with Crippen molar-refractivity contribution in [1.29, 1.82) is 0 Å². The first-order chi connectivity index (χ1) is 14.7. The minimum absolute atomic E-state index is 0.265. The Balaban J connectivity index is 1.56. The van der Waals surface area contributed by atoms with Crippen LogP contribution in [0.2, 0.25) is 0 Å². The Morgan fingerprint density at radius 3 is 2.50 bits per heavy atom. The van der Waals surface area contributed by atoms with E-state index in [-0.39, 0.29) is 11.9 Å². The van der Waals surface area contributed by atoms with Crippen molar-refractivity contribution >= 4 is 11.9 Å². The monoisotopic (exact) mass is 396 g/mol. The van der Waals surface area contributed by atoms with Crippen LogP contribution in [0.4, 0.5) is 10.1 Å². The van der Waals surface area contributed by atoms with E-state index < -0.39 is 0 Å². The lowest BCUT2D eigenvalue weighted by atomic mass is 10.1. The van der Waals surface area contributed by atoms with Gasteiger partial charge in [0, 0.05) is 17.3 Å². The summed E-state index contributed by atoms with van der Waals surface area (Å²) in [5.74, 6) is -0.265. The Hall–Kier alpha value is -3.73. The summed E-state index contributed by atoms with van der Waals surface area (Å²) in [6.07, 6.45) is 4.79. The molecule has 4 nitrogen and oxygen atoms in total. The molecule has 0 radical (unpaired) electrons. The predicted octanol–water partition coefficient (Wildman–Crippen LogP) is 5.46. The maximum absolute atomic E-state index is 13.5. The van der Waals surface area contributed by atoms with Gasteiger partial charge in [0.15, 0.2) is 0 Å². The number of nitrogens with zero attached hydrogens (tertiary/aromatic N) is 4. The van der Waals surface area contributed by atoms with E-state index in [1.165, 1.54) is 17.7 Å². The fraction of sp³-hybridized carbons (Fsp3) is 0.120. The molecule has 0 N–H and O–H groups in total. The van der Waals surface area contributed by atoms with E-state index in [1.807, 2.05) is 53.5 Å². The highest BCUT2D eigenvalue weighted by atomic mass is 19.1. The van der Waals surface area contributed by atoms with Gasteiger partial charge in [-0.15, -0.1) is 0 Å². The molecule has 30 heavy (non-hydrogen) atoms. The number of anilines is 1. The van der Waals surface area contributed by atoms with Crippen LogP contribution < -0.4 is 5.01 Å². The number of hydrogen-bond donors (Lipinski definition) is 0. The smallest absolute Gasteiger partial charge is 0.123 e. The van der Waals surface area contributed by atoms with Gasteiger partial charge in [-0.2, -0.15) is 10.2 Å². The summed E-state index contributed by atoms with van der Waals surface area (Å²) in [4.78, 5) is 0. The summed E-state index contributed by atoms with van der Waals surface area (Å²) in [5.41, 5.74) is 5.90. The molecule has 0 unspecified atom stereocenters. The molecule has 0 aliphatic carbocycles. The fourth-order valence-corrected chi connectivity index (χ4v) is 3.88. The van der Waals surface area contributed by atoms with Crippen LogP contribution in [0.15, 0.2) is 90.2 Å². The lowest BCUT2D eigenvalue weighted by Gasteiger charge is -2.18. The van der Waals surface area contributed by atoms with Crippen molar-refractivity contribution in [3.63, 3.8) is 0 Å². The number of fused-ring (bicyclic) bond motifs is 1. The molecule has 1 aliphatic heterocycles. The molecule has 3 aromatic carbocycles. The minimum Gasteiger partial charge on any atom is -0.262 e. The number of aromatic nitrogens is 2. The highest BCUT2D eigenvalue weighted by molar-refractivity contribution is 5.89. The number of hydrogen-bond acceptors (Lipinski definition) is 3. The van der Waals surface area contributed by atoms with E-state index in [2.05, 4.69) is 30.1 Å². The molecule has 1 aliphatic rings. The van der Waals surface area contributed by atoms with Gasteiger partial charge in [0.05, 0.1) is 23.6 Å². The van der Waals surface area contributed by atoms with Gasteiger partial charge >= 0.3 is 0 Å². The first-order valence-electron chi connectivity index (χ1n) is 10.0. The van der Waals surface area contributed by atoms with Crippen molar-refractivity contribution in [2.45, 2.75) is 19.4 Å². The van der Waals surface area contributed by atoms with Gasteiger partial charge in [0.2, 0.25) is 0 Å².